The van der Waals surface area contributed by atoms with Crippen molar-refractivity contribution in [2.24, 2.45) is 0 Å². The van der Waals surface area contributed by atoms with E-state index in [4.69, 9.17) is 4.74 Å². The van der Waals surface area contributed by atoms with Gasteiger partial charge < -0.3 is 9.64 Å². The zero-order valence-electron chi connectivity index (χ0n) is 10.3. The smallest absolute Gasteiger partial charge is 0.159 e. The van der Waals surface area contributed by atoms with Crippen molar-refractivity contribution >= 4 is 17.2 Å². The summed E-state index contributed by atoms with van der Waals surface area (Å²) >= 11 is 0. The standard InChI is InChI=1S/C15H13NO2/c1-10(17)11-7-8-13-15(9-11)18-14-6-4-3-5-12(14)16(13)2/h3-9H,1-2H3. The number of para-hydroxylation sites is 2. The Bertz CT molecular complexity index is 634. The van der Waals surface area contributed by atoms with Gasteiger partial charge in [-0.1, -0.05) is 12.1 Å². The summed E-state index contributed by atoms with van der Waals surface area (Å²) < 4.78 is 5.84. The minimum Gasteiger partial charge on any atom is -0.453 e. The van der Waals surface area contributed by atoms with E-state index in [9.17, 15) is 4.79 Å². The maximum atomic E-state index is 11.4. The summed E-state index contributed by atoms with van der Waals surface area (Å²) in [5.74, 6) is 1.58. The fraction of sp³-hybridized carbons (Fsp3) is 0.133. The van der Waals surface area contributed by atoms with Gasteiger partial charge in [-0.3, -0.25) is 4.79 Å². The van der Waals surface area contributed by atoms with Crippen molar-refractivity contribution in [2.75, 3.05) is 11.9 Å². The monoisotopic (exact) mass is 239 g/mol. The highest BCUT2D eigenvalue weighted by molar-refractivity contribution is 5.95. The number of fused-ring (bicyclic) bond motifs is 2. The summed E-state index contributed by atoms with van der Waals surface area (Å²) in [5, 5.41) is 0. The van der Waals surface area contributed by atoms with Gasteiger partial charge in [-0.25, -0.2) is 0 Å². The summed E-state index contributed by atoms with van der Waals surface area (Å²) in [4.78, 5) is 13.5. The van der Waals surface area contributed by atoms with Crippen LogP contribution in [0.15, 0.2) is 42.5 Å². The van der Waals surface area contributed by atoms with Crippen LogP contribution in [0, 0.1) is 0 Å². The summed E-state index contributed by atoms with van der Waals surface area (Å²) in [6.07, 6.45) is 0. The molecule has 2 aromatic carbocycles. The molecule has 0 spiro atoms. The number of Topliss-reactive ketones (excluding diaryl/α,β-unsaturated/α-hetero) is 1. The number of carbonyl (C=O) groups excluding carboxylic acids is 1. The molecule has 0 fully saturated rings. The number of nitrogens with zero attached hydrogens (tertiary/aromatic N) is 1. The van der Waals surface area contributed by atoms with Crippen molar-refractivity contribution in [3.05, 3.63) is 48.0 Å². The molecule has 1 aliphatic heterocycles. The van der Waals surface area contributed by atoms with Crippen molar-refractivity contribution in [1.82, 2.24) is 0 Å². The molecule has 18 heavy (non-hydrogen) atoms. The molecule has 0 atom stereocenters. The largest absolute Gasteiger partial charge is 0.453 e. The highest BCUT2D eigenvalue weighted by Gasteiger charge is 2.21. The number of ketones is 1. The van der Waals surface area contributed by atoms with E-state index in [1.165, 1.54) is 0 Å². The van der Waals surface area contributed by atoms with E-state index in [1.54, 1.807) is 13.0 Å². The molecular weight excluding hydrogens is 226 g/mol. The van der Waals surface area contributed by atoms with Crippen LogP contribution in [0.5, 0.6) is 11.5 Å². The maximum Gasteiger partial charge on any atom is 0.159 e. The van der Waals surface area contributed by atoms with Crippen molar-refractivity contribution in [2.45, 2.75) is 6.92 Å². The van der Waals surface area contributed by atoms with E-state index in [-0.39, 0.29) is 5.78 Å². The van der Waals surface area contributed by atoms with Gasteiger partial charge in [0.15, 0.2) is 17.3 Å². The molecule has 0 aliphatic carbocycles. The van der Waals surface area contributed by atoms with Crippen LogP contribution < -0.4 is 9.64 Å². The average molecular weight is 239 g/mol. The zero-order valence-corrected chi connectivity index (χ0v) is 10.3. The number of ether oxygens (including phenoxy) is 1. The van der Waals surface area contributed by atoms with Crippen LogP contribution >= 0.6 is 0 Å². The Balaban J connectivity index is 2.13. The zero-order chi connectivity index (χ0) is 12.7. The summed E-state index contributed by atoms with van der Waals surface area (Å²) in [6.45, 7) is 1.56. The molecule has 1 heterocycles. The topological polar surface area (TPSA) is 29.5 Å². The summed E-state index contributed by atoms with van der Waals surface area (Å²) in [7, 11) is 1.99. The molecule has 0 aromatic heterocycles. The molecule has 1 aliphatic rings. The Morgan fingerprint density at radius 3 is 2.56 bits per heavy atom. The minimum atomic E-state index is 0.0444. The first-order valence-electron chi connectivity index (χ1n) is 5.82. The lowest BCUT2D eigenvalue weighted by Crippen LogP contribution is -2.15. The van der Waals surface area contributed by atoms with Crippen LogP contribution in [-0.2, 0) is 0 Å². The van der Waals surface area contributed by atoms with E-state index in [0.29, 0.717) is 5.56 Å². The Labute approximate surface area is 106 Å². The number of anilines is 2. The summed E-state index contributed by atoms with van der Waals surface area (Å²) in [5.41, 5.74) is 2.67. The first-order chi connectivity index (χ1) is 8.66. The van der Waals surface area contributed by atoms with Crippen LogP contribution in [-0.4, -0.2) is 12.8 Å². The van der Waals surface area contributed by atoms with E-state index >= 15 is 0 Å². The molecule has 0 saturated carbocycles. The van der Waals surface area contributed by atoms with Gasteiger partial charge in [-0.15, -0.1) is 0 Å². The first-order valence-corrected chi connectivity index (χ1v) is 5.82. The molecule has 0 radical (unpaired) electrons. The third-order valence-electron chi connectivity index (χ3n) is 3.17. The van der Waals surface area contributed by atoms with Gasteiger partial charge in [0, 0.05) is 12.6 Å². The van der Waals surface area contributed by atoms with Crippen molar-refractivity contribution in [3.8, 4) is 11.5 Å². The molecule has 0 N–H and O–H groups in total. The normalized spacial score (nSPS) is 12.4. The molecular formula is C15H13NO2. The molecule has 0 bridgehead atoms. The fourth-order valence-electron chi connectivity index (χ4n) is 2.16. The van der Waals surface area contributed by atoms with E-state index in [1.807, 2.05) is 43.4 Å². The second kappa shape index (κ2) is 3.88. The predicted octanol–water partition coefficient (Wildman–Crippen LogP) is 3.76. The molecule has 0 saturated heterocycles. The number of hydrogen-bond donors (Lipinski definition) is 0. The molecule has 3 rings (SSSR count). The van der Waals surface area contributed by atoms with E-state index in [2.05, 4.69) is 4.90 Å². The van der Waals surface area contributed by atoms with Crippen molar-refractivity contribution in [1.29, 1.82) is 0 Å². The highest BCUT2D eigenvalue weighted by Crippen LogP contribution is 2.45. The fourth-order valence-corrected chi connectivity index (χ4v) is 2.16. The van der Waals surface area contributed by atoms with Crippen LogP contribution in [0.3, 0.4) is 0 Å². The Kier molecular flexibility index (Phi) is 2.33. The Morgan fingerprint density at radius 1 is 1.06 bits per heavy atom. The minimum absolute atomic E-state index is 0.0444. The van der Waals surface area contributed by atoms with Gasteiger partial charge in [-0.05, 0) is 37.3 Å². The van der Waals surface area contributed by atoms with Crippen LogP contribution in [0.1, 0.15) is 17.3 Å². The van der Waals surface area contributed by atoms with Gasteiger partial charge in [0.1, 0.15) is 0 Å². The second-order valence-corrected chi connectivity index (χ2v) is 4.37. The highest BCUT2D eigenvalue weighted by atomic mass is 16.5. The van der Waals surface area contributed by atoms with Crippen LogP contribution in [0.25, 0.3) is 0 Å². The molecule has 0 unspecified atom stereocenters. The third kappa shape index (κ3) is 1.56. The van der Waals surface area contributed by atoms with Crippen LogP contribution in [0.4, 0.5) is 11.4 Å². The van der Waals surface area contributed by atoms with Gasteiger partial charge >= 0.3 is 0 Å². The molecule has 3 heteroatoms. The molecule has 3 nitrogen and oxygen atoms in total. The quantitative estimate of drug-likeness (QED) is 0.709. The SMILES string of the molecule is CC(=O)c1ccc2c(c1)Oc1ccccc1N2C. The van der Waals surface area contributed by atoms with Crippen LogP contribution in [0.2, 0.25) is 0 Å². The summed E-state index contributed by atoms with van der Waals surface area (Å²) in [6, 6.07) is 13.4. The number of hydrogen-bond acceptors (Lipinski definition) is 3. The third-order valence-corrected chi connectivity index (χ3v) is 3.17. The lowest BCUT2D eigenvalue weighted by molar-refractivity contribution is 0.101. The van der Waals surface area contributed by atoms with E-state index < -0.39 is 0 Å². The number of benzene rings is 2. The van der Waals surface area contributed by atoms with Gasteiger partial charge in [-0.2, -0.15) is 0 Å². The Hall–Kier alpha value is -2.29. The molecule has 90 valence electrons. The Morgan fingerprint density at radius 2 is 1.78 bits per heavy atom. The second-order valence-electron chi connectivity index (χ2n) is 4.37. The van der Waals surface area contributed by atoms with Crippen molar-refractivity contribution < 1.29 is 9.53 Å². The van der Waals surface area contributed by atoms with Gasteiger partial charge in [0.25, 0.3) is 0 Å². The lowest BCUT2D eigenvalue weighted by atomic mass is 10.1. The predicted molar refractivity (Wildman–Crippen MR) is 71.0 cm³/mol. The first kappa shape index (κ1) is 10.8. The maximum absolute atomic E-state index is 11.4. The number of rotatable bonds is 1. The lowest BCUT2D eigenvalue weighted by Gasteiger charge is -2.29. The average Bonchev–Trinajstić information content (AvgIpc) is 2.38. The van der Waals surface area contributed by atoms with Gasteiger partial charge in [0.2, 0.25) is 0 Å². The van der Waals surface area contributed by atoms with Gasteiger partial charge in [0.05, 0.1) is 11.4 Å². The molecule has 0 amide bonds. The van der Waals surface area contributed by atoms with Crippen molar-refractivity contribution in [3.63, 3.8) is 0 Å². The van der Waals surface area contributed by atoms with E-state index in [0.717, 1.165) is 22.9 Å². The molecule has 2 aromatic rings. The number of carbonyl (C=O) groups is 1.